The van der Waals surface area contributed by atoms with Crippen LogP contribution in [0.15, 0.2) is 0 Å². The molecule has 1 heterocycles. The quantitative estimate of drug-likeness (QED) is 0.597. The van der Waals surface area contributed by atoms with Crippen molar-refractivity contribution in [3.8, 4) is 0 Å². The molecule has 0 aromatic heterocycles. The summed E-state index contributed by atoms with van der Waals surface area (Å²) in [5.41, 5.74) is 0. The van der Waals surface area contributed by atoms with Crippen LogP contribution in [0.2, 0.25) is 0 Å². The van der Waals surface area contributed by atoms with E-state index in [4.69, 9.17) is 4.74 Å². The standard InChI is InChI=1S/C9H18N2O3/c1-11-3-4-14-8(7-11)5-10-6-9(12)13-2/h8,10H,3-7H2,1-2H3. The Kier molecular flexibility index (Phi) is 4.86. The highest BCUT2D eigenvalue weighted by Gasteiger charge is 2.17. The molecule has 1 saturated heterocycles. The minimum Gasteiger partial charge on any atom is -0.468 e. The van der Waals surface area contributed by atoms with E-state index < -0.39 is 0 Å². The van der Waals surface area contributed by atoms with Crippen molar-refractivity contribution in [2.45, 2.75) is 6.10 Å². The summed E-state index contributed by atoms with van der Waals surface area (Å²) in [5.74, 6) is -0.242. The summed E-state index contributed by atoms with van der Waals surface area (Å²) >= 11 is 0. The Hall–Kier alpha value is -0.650. The van der Waals surface area contributed by atoms with Crippen LogP contribution in [0.25, 0.3) is 0 Å². The molecule has 0 aliphatic carbocycles. The summed E-state index contributed by atoms with van der Waals surface area (Å²) in [6, 6.07) is 0. The van der Waals surface area contributed by atoms with Crippen molar-refractivity contribution < 1.29 is 14.3 Å². The molecular formula is C9H18N2O3. The molecule has 82 valence electrons. The first-order valence-corrected chi connectivity index (χ1v) is 4.80. The SMILES string of the molecule is COC(=O)CNCC1CN(C)CCO1. The Balaban J connectivity index is 2.08. The van der Waals surface area contributed by atoms with Crippen molar-refractivity contribution in [1.29, 1.82) is 0 Å². The molecule has 0 aromatic rings. The maximum atomic E-state index is 10.8. The van der Waals surface area contributed by atoms with Crippen molar-refractivity contribution in [2.75, 3.05) is 46.9 Å². The van der Waals surface area contributed by atoms with Crippen LogP contribution in [0.4, 0.5) is 0 Å². The first-order chi connectivity index (χ1) is 6.72. The molecule has 0 saturated carbocycles. The van der Waals surface area contributed by atoms with Gasteiger partial charge in [-0.1, -0.05) is 0 Å². The molecule has 1 fully saturated rings. The van der Waals surface area contributed by atoms with Gasteiger partial charge in [-0.05, 0) is 7.05 Å². The highest BCUT2D eigenvalue weighted by molar-refractivity contribution is 5.71. The minimum absolute atomic E-state index is 0.179. The molecule has 1 atom stereocenters. The molecule has 5 nitrogen and oxygen atoms in total. The van der Waals surface area contributed by atoms with Gasteiger partial charge in [-0.2, -0.15) is 0 Å². The minimum atomic E-state index is -0.242. The first-order valence-electron chi connectivity index (χ1n) is 4.80. The summed E-state index contributed by atoms with van der Waals surface area (Å²) in [5, 5.41) is 3.00. The van der Waals surface area contributed by atoms with Gasteiger partial charge in [-0.15, -0.1) is 0 Å². The Morgan fingerprint density at radius 3 is 3.14 bits per heavy atom. The Bertz CT molecular complexity index is 187. The maximum absolute atomic E-state index is 10.8. The van der Waals surface area contributed by atoms with Crippen LogP contribution in [-0.2, 0) is 14.3 Å². The maximum Gasteiger partial charge on any atom is 0.319 e. The van der Waals surface area contributed by atoms with Gasteiger partial charge in [0.15, 0.2) is 0 Å². The molecule has 0 aromatic carbocycles. The van der Waals surface area contributed by atoms with Gasteiger partial charge in [0.1, 0.15) is 0 Å². The third-order valence-corrected chi connectivity index (χ3v) is 2.21. The van der Waals surface area contributed by atoms with Crippen molar-refractivity contribution in [2.24, 2.45) is 0 Å². The second-order valence-electron chi connectivity index (χ2n) is 3.46. The number of methoxy groups -OCH3 is 1. The second kappa shape index (κ2) is 5.95. The number of ether oxygens (including phenoxy) is 2. The van der Waals surface area contributed by atoms with Crippen molar-refractivity contribution in [3.05, 3.63) is 0 Å². The molecule has 0 radical (unpaired) electrons. The number of carbonyl (C=O) groups excluding carboxylic acids is 1. The lowest BCUT2D eigenvalue weighted by Gasteiger charge is -2.30. The fourth-order valence-corrected chi connectivity index (χ4v) is 1.40. The van der Waals surface area contributed by atoms with E-state index >= 15 is 0 Å². The number of esters is 1. The number of rotatable bonds is 4. The number of hydrogen-bond donors (Lipinski definition) is 1. The molecule has 1 N–H and O–H groups in total. The van der Waals surface area contributed by atoms with E-state index in [2.05, 4.69) is 22.0 Å². The summed E-state index contributed by atoms with van der Waals surface area (Å²) < 4.78 is 10.0. The lowest BCUT2D eigenvalue weighted by Crippen LogP contribution is -2.45. The van der Waals surface area contributed by atoms with Crippen LogP contribution in [0.3, 0.4) is 0 Å². The molecule has 0 spiro atoms. The fraction of sp³-hybridized carbons (Fsp3) is 0.889. The van der Waals surface area contributed by atoms with E-state index in [1.54, 1.807) is 0 Å². The zero-order valence-electron chi connectivity index (χ0n) is 8.78. The van der Waals surface area contributed by atoms with Crippen molar-refractivity contribution in [1.82, 2.24) is 10.2 Å². The number of nitrogens with one attached hydrogen (secondary N) is 1. The van der Waals surface area contributed by atoms with Gasteiger partial charge in [0.25, 0.3) is 0 Å². The average Bonchev–Trinajstić information content (AvgIpc) is 2.17. The van der Waals surface area contributed by atoms with Gasteiger partial charge >= 0.3 is 5.97 Å². The number of carbonyl (C=O) groups is 1. The lowest BCUT2D eigenvalue weighted by atomic mass is 10.3. The van der Waals surface area contributed by atoms with E-state index in [1.807, 2.05) is 0 Å². The van der Waals surface area contributed by atoms with E-state index in [0.29, 0.717) is 6.54 Å². The third kappa shape index (κ3) is 4.04. The Morgan fingerprint density at radius 2 is 2.50 bits per heavy atom. The number of likely N-dealkylation sites (N-methyl/N-ethyl adjacent to an activating group) is 1. The lowest BCUT2D eigenvalue weighted by molar-refractivity contribution is -0.139. The number of nitrogens with zero attached hydrogens (tertiary/aromatic N) is 1. The van der Waals surface area contributed by atoms with Crippen LogP contribution in [0.5, 0.6) is 0 Å². The fourth-order valence-electron chi connectivity index (χ4n) is 1.40. The third-order valence-electron chi connectivity index (χ3n) is 2.21. The number of morpholine rings is 1. The van der Waals surface area contributed by atoms with E-state index in [1.165, 1.54) is 7.11 Å². The largest absolute Gasteiger partial charge is 0.468 e. The normalized spacial score (nSPS) is 23.4. The Morgan fingerprint density at radius 1 is 1.71 bits per heavy atom. The van der Waals surface area contributed by atoms with Crippen LogP contribution < -0.4 is 5.32 Å². The van der Waals surface area contributed by atoms with Gasteiger partial charge < -0.3 is 19.7 Å². The highest BCUT2D eigenvalue weighted by atomic mass is 16.5. The van der Waals surface area contributed by atoms with Crippen LogP contribution in [0.1, 0.15) is 0 Å². The summed E-state index contributed by atoms with van der Waals surface area (Å²) in [7, 11) is 3.45. The molecule has 5 heteroatoms. The molecule has 0 bridgehead atoms. The molecule has 1 unspecified atom stereocenters. The monoisotopic (exact) mass is 202 g/mol. The van der Waals surface area contributed by atoms with Gasteiger partial charge in [0, 0.05) is 19.6 Å². The van der Waals surface area contributed by atoms with Gasteiger partial charge in [-0.3, -0.25) is 4.79 Å². The van der Waals surface area contributed by atoms with E-state index in [-0.39, 0.29) is 18.6 Å². The smallest absolute Gasteiger partial charge is 0.319 e. The van der Waals surface area contributed by atoms with Crippen LogP contribution in [-0.4, -0.2) is 63.9 Å². The van der Waals surface area contributed by atoms with Crippen molar-refractivity contribution >= 4 is 5.97 Å². The molecular weight excluding hydrogens is 184 g/mol. The molecule has 1 rings (SSSR count). The van der Waals surface area contributed by atoms with Gasteiger partial charge in [-0.25, -0.2) is 0 Å². The van der Waals surface area contributed by atoms with Gasteiger partial charge in [0.05, 0.1) is 26.4 Å². The molecule has 1 aliphatic heterocycles. The Labute approximate surface area is 84.4 Å². The van der Waals surface area contributed by atoms with E-state index in [0.717, 1.165) is 19.7 Å². The van der Waals surface area contributed by atoms with Crippen LogP contribution in [0, 0.1) is 0 Å². The second-order valence-corrected chi connectivity index (χ2v) is 3.46. The van der Waals surface area contributed by atoms with Crippen LogP contribution >= 0.6 is 0 Å². The molecule has 14 heavy (non-hydrogen) atoms. The van der Waals surface area contributed by atoms with Crippen molar-refractivity contribution in [3.63, 3.8) is 0 Å². The topological polar surface area (TPSA) is 50.8 Å². The predicted molar refractivity (Wildman–Crippen MR) is 52.1 cm³/mol. The average molecular weight is 202 g/mol. The first kappa shape index (κ1) is 11.4. The number of hydrogen-bond acceptors (Lipinski definition) is 5. The molecule has 0 amide bonds. The summed E-state index contributed by atoms with van der Waals surface area (Å²) in [6.45, 7) is 3.60. The highest BCUT2D eigenvalue weighted by Crippen LogP contribution is 2.01. The van der Waals surface area contributed by atoms with E-state index in [9.17, 15) is 4.79 Å². The zero-order valence-corrected chi connectivity index (χ0v) is 8.78. The predicted octanol–water partition coefficient (Wildman–Crippen LogP) is -0.920. The summed E-state index contributed by atoms with van der Waals surface area (Å²) in [6.07, 6.45) is 0.179. The van der Waals surface area contributed by atoms with Gasteiger partial charge in [0.2, 0.25) is 0 Å². The molecule has 1 aliphatic rings. The summed E-state index contributed by atoms with van der Waals surface area (Å²) in [4.78, 5) is 13.0. The zero-order chi connectivity index (χ0) is 10.4.